The molecular weight excluding hydrogens is 196 g/mol. The van der Waals surface area contributed by atoms with Crippen molar-refractivity contribution in [3.63, 3.8) is 0 Å². The van der Waals surface area contributed by atoms with Gasteiger partial charge >= 0.3 is 0 Å². The van der Waals surface area contributed by atoms with Crippen LogP contribution in [0.3, 0.4) is 0 Å². The Morgan fingerprint density at radius 2 is 2.00 bits per heavy atom. The molecule has 0 amide bonds. The molecule has 0 aromatic rings. The van der Waals surface area contributed by atoms with Crippen LogP contribution >= 0.6 is 0 Å². The van der Waals surface area contributed by atoms with E-state index >= 15 is 0 Å². The van der Waals surface area contributed by atoms with Crippen molar-refractivity contribution in [3.05, 3.63) is 11.6 Å². The van der Waals surface area contributed by atoms with Gasteiger partial charge in [-0.25, -0.2) is 0 Å². The Labute approximate surface area is 101 Å². The highest BCUT2D eigenvalue weighted by Crippen LogP contribution is 2.30. The van der Waals surface area contributed by atoms with Gasteiger partial charge in [0.1, 0.15) is 0 Å². The Morgan fingerprint density at radius 3 is 2.38 bits per heavy atom. The average Bonchev–Trinajstić information content (AvgIpc) is 2.26. The van der Waals surface area contributed by atoms with Gasteiger partial charge in [-0.1, -0.05) is 39.3 Å². The molecule has 0 fully saturated rings. The smallest absolute Gasteiger partial charge is 0.0169 e. The van der Waals surface area contributed by atoms with Crippen LogP contribution in [0.25, 0.3) is 0 Å². The topological polar surface area (TPSA) is 29.3 Å². The van der Waals surface area contributed by atoms with Gasteiger partial charge in [0.2, 0.25) is 0 Å². The van der Waals surface area contributed by atoms with Gasteiger partial charge in [0, 0.05) is 19.1 Å². The molecule has 2 nitrogen and oxygen atoms in total. The van der Waals surface area contributed by atoms with Gasteiger partial charge in [-0.2, -0.15) is 0 Å². The van der Waals surface area contributed by atoms with E-state index in [1.165, 1.54) is 13.0 Å². The molecule has 1 heterocycles. The maximum atomic E-state index is 5.73. The first-order chi connectivity index (χ1) is 7.36. The second kappa shape index (κ2) is 5.33. The lowest BCUT2D eigenvalue weighted by atomic mass is 9.82. The molecule has 2 unspecified atom stereocenters. The minimum Gasteiger partial charge on any atom is -0.330 e. The maximum absolute atomic E-state index is 5.73. The molecule has 0 bridgehead atoms. The molecule has 2 N–H and O–H groups in total. The molecule has 1 aliphatic heterocycles. The van der Waals surface area contributed by atoms with Gasteiger partial charge in [-0.15, -0.1) is 0 Å². The van der Waals surface area contributed by atoms with Gasteiger partial charge in [-0.05, 0) is 31.2 Å². The maximum Gasteiger partial charge on any atom is 0.0169 e. The Balaban J connectivity index is 2.57. The van der Waals surface area contributed by atoms with Crippen LogP contribution in [-0.2, 0) is 0 Å². The summed E-state index contributed by atoms with van der Waals surface area (Å²) < 4.78 is 0. The zero-order chi connectivity index (χ0) is 12.3. The van der Waals surface area contributed by atoms with Crippen molar-refractivity contribution in [1.29, 1.82) is 0 Å². The zero-order valence-electron chi connectivity index (χ0n) is 11.6. The summed E-state index contributed by atoms with van der Waals surface area (Å²) in [5.41, 5.74) is 7.68. The standard InChI is InChI=1S/C14H28N2/c1-11(10-15)12(2)16-8-6-13(7-9-16)14(3,4)5/h6,11-12H,7-10,15H2,1-5H3. The highest BCUT2D eigenvalue weighted by Gasteiger charge is 2.25. The third-order valence-electron chi connectivity index (χ3n) is 3.98. The van der Waals surface area contributed by atoms with Crippen LogP contribution in [0.2, 0.25) is 0 Å². The van der Waals surface area contributed by atoms with E-state index in [1.807, 2.05) is 0 Å². The van der Waals surface area contributed by atoms with Gasteiger partial charge in [0.05, 0.1) is 0 Å². The molecule has 1 rings (SSSR count). The van der Waals surface area contributed by atoms with E-state index in [2.05, 4.69) is 45.6 Å². The van der Waals surface area contributed by atoms with E-state index in [4.69, 9.17) is 5.73 Å². The first-order valence-corrected chi connectivity index (χ1v) is 6.50. The molecule has 2 atom stereocenters. The van der Waals surface area contributed by atoms with E-state index < -0.39 is 0 Å². The molecule has 0 aromatic carbocycles. The van der Waals surface area contributed by atoms with Crippen molar-refractivity contribution in [2.75, 3.05) is 19.6 Å². The number of rotatable bonds is 3. The van der Waals surface area contributed by atoms with Crippen molar-refractivity contribution >= 4 is 0 Å². The molecule has 2 heteroatoms. The SMILES string of the molecule is CC(CN)C(C)N1CC=C(C(C)(C)C)CC1. The first-order valence-electron chi connectivity index (χ1n) is 6.50. The largest absolute Gasteiger partial charge is 0.330 e. The summed E-state index contributed by atoms with van der Waals surface area (Å²) in [7, 11) is 0. The quantitative estimate of drug-likeness (QED) is 0.747. The van der Waals surface area contributed by atoms with Gasteiger partial charge in [-0.3, -0.25) is 4.90 Å². The fourth-order valence-corrected chi connectivity index (χ4v) is 2.29. The Bertz CT molecular complexity index is 250. The van der Waals surface area contributed by atoms with E-state index in [1.54, 1.807) is 5.57 Å². The van der Waals surface area contributed by atoms with Crippen molar-refractivity contribution in [1.82, 2.24) is 4.90 Å². The molecular formula is C14H28N2. The predicted octanol–water partition coefficient (Wildman–Crippen LogP) is 2.65. The second-order valence-corrected chi connectivity index (χ2v) is 6.18. The fraction of sp³-hybridized carbons (Fsp3) is 0.857. The van der Waals surface area contributed by atoms with E-state index in [0.29, 0.717) is 17.4 Å². The van der Waals surface area contributed by atoms with E-state index in [0.717, 1.165) is 13.1 Å². The molecule has 0 aromatic heterocycles. The summed E-state index contributed by atoms with van der Waals surface area (Å²) in [6.45, 7) is 14.5. The molecule has 0 radical (unpaired) electrons. The number of hydrogen-bond donors (Lipinski definition) is 1. The molecule has 0 spiro atoms. The zero-order valence-corrected chi connectivity index (χ0v) is 11.6. The summed E-state index contributed by atoms with van der Waals surface area (Å²) in [6.07, 6.45) is 3.63. The summed E-state index contributed by atoms with van der Waals surface area (Å²) in [5, 5.41) is 0. The lowest BCUT2D eigenvalue weighted by molar-refractivity contribution is 0.171. The van der Waals surface area contributed by atoms with Crippen LogP contribution in [0.1, 0.15) is 41.0 Å². The highest BCUT2D eigenvalue weighted by molar-refractivity contribution is 5.14. The minimum absolute atomic E-state index is 0.342. The van der Waals surface area contributed by atoms with Gasteiger partial charge in [0.25, 0.3) is 0 Å². The van der Waals surface area contributed by atoms with Crippen molar-refractivity contribution < 1.29 is 0 Å². The Morgan fingerprint density at radius 1 is 1.38 bits per heavy atom. The lowest BCUT2D eigenvalue weighted by Crippen LogP contribution is -2.43. The van der Waals surface area contributed by atoms with Gasteiger partial charge < -0.3 is 5.73 Å². The van der Waals surface area contributed by atoms with Crippen LogP contribution < -0.4 is 5.73 Å². The summed E-state index contributed by atoms with van der Waals surface area (Å²) >= 11 is 0. The lowest BCUT2D eigenvalue weighted by Gasteiger charge is -2.37. The highest BCUT2D eigenvalue weighted by atomic mass is 15.2. The third kappa shape index (κ3) is 3.33. The summed E-state index contributed by atoms with van der Waals surface area (Å²) in [4.78, 5) is 2.55. The van der Waals surface area contributed by atoms with Crippen LogP contribution in [0, 0.1) is 11.3 Å². The normalized spacial score (nSPS) is 22.8. The van der Waals surface area contributed by atoms with E-state index in [-0.39, 0.29) is 0 Å². The van der Waals surface area contributed by atoms with Crippen LogP contribution in [0.4, 0.5) is 0 Å². The van der Waals surface area contributed by atoms with Crippen LogP contribution in [0.15, 0.2) is 11.6 Å². The minimum atomic E-state index is 0.342. The Hall–Kier alpha value is -0.340. The van der Waals surface area contributed by atoms with Crippen molar-refractivity contribution in [2.24, 2.45) is 17.1 Å². The van der Waals surface area contributed by atoms with E-state index in [9.17, 15) is 0 Å². The fourth-order valence-electron chi connectivity index (χ4n) is 2.29. The molecule has 0 saturated carbocycles. The summed E-state index contributed by atoms with van der Waals surface area (Å²) in [6, 6.07) is 0.600. The van der Waals surface area contributed by atoms with Crippen LogP contribution in [-0.4, -0.2) is 30.6 Å². The second-order valence-electron chi connectivity index (χ2n) is 6.18. The average molecular weight is 224 g/mol. The van der Waals surface area contributed by atoms with Crippen molar-refractivity contribution in [2.45, 2.75) is 47.1 Å². The Kier molecular flexibility index (Phi) is 4.57. The first kappa shape index (κ1) is 13.7. The monoisotopic (exact) mass is 224 g/mol. The molecule has 0 aliphatic carbocycles. The number of hydrogen-bond acceptors (Lipinski definition) is 2. The molecule has 16 heavy (non-hydrogen) atoms. The third-order valence-corrected chi connectivity index (χ3v) is 3.98. The van der Waals surface area contributed by atoms with Crippen LogP contribution in [0.5, 0.6) is 0 Å². The predicted molar refractivity (Wildman–Crippen MR) is 71.4 cm³/mol. The molecule has 0 saturated heterocycles. The molecule has 1 aliphatic rings. The number of nitrogens with zero attached hydrogens (tertiary/aromatic N) is 1. The summed E-state index contributed by atoms with van der Waals surface area (Å²) in [5.74, 6) is 0.588. The van der Waals surface area contributed by atoms with Crippen molar-refractivity contribution in [3.8, 4) is 0 Å². The molecule has 94 valence electrons. The number of nitrogens with two attached hydrogens (primary N) is 1. The van der Waals surface area contributed by atoms with Gasteiger partial charge in [0.15, 0.2) is 0 Å².